The fourth-order valence-electron chi connectivity index (χ4n) is 2.22. The van der Waals surface area contributed by atoms with Crippen LogP contribution in [0.25, 0.3) is 22.3 Å². The maximum atomic E-state index is 4.78. The first kappa shape index (κ1) is 12.7. The topological polar surface area (TPSA) is 44.8 Å². The highest BCUT2D eigenvalue weighted by atomic mass is 15.2. The van der Waals surface area contributed by atoms with Crippen molar-refractivity contribution in [2.45, 2.75) is 19.9 Å². The average Bonchev–Trinajstić information content (AvgIpc) is 2.94. The second-order valence-corrected chi connectivity index (χ2v) is 5.18. The first-order valence-electron chi connectivity index (χ1n) is 6.79. The summed E-state index contributed by atoms with van der Waals surface area (Å²) in [6.07, 6.45) is 3.72. The van der Waals surface area contributed by atoms with E-state index >= 15 is 0 Å². The molecule has 0 atom stereocenters. The fraction of sp³-hybridized carbons (Fsp3) is 0.250. The van der Waals surface area contributed by atoms with Crippen molar-refractivity contribution in [2.75, 3.05) is 11.9 Å². The largest absolute Gasteiger partial charge is 0.357 e. The molecule has 0 bridgehead atoms. The van der Waals surface area contributed by atoms with Crippen molar-refractivity contribution in [3.63, 3.8) is 0 Å². The molecule has 0 aliphatic carbocycles. The van der Waals surface area contributed by atoms with E-state index in [-0.39, 0.29) is 0 Å². The molecule has 4 heteroatoms. The Hall–Kier alpha value is -2.36. The molecule has 0 unspecified atom stereocenters. The van der Waals surface area contributed by atoms with Crippen LogP contribution in [0, 0.1) is 0 Å². The van der Waals surface area contributed by atoms with E-state index in [1.165, 1.54) is 0 Å². The van der Waals surface area contributed by atoms with Gasteiger partial charge in [0.25, 0.3) is 0 Å². The third-order valence-electron chi connectivity index (χ3n) is 3.61. The number of hydrogen-bond donors (Lipinski definition) is 1. The Kier molecular flexibility index (Phi) is 3.14. The Balaban J connectivity index is 2.11. The van der Waals surface area contributed by atoms with Crippen LogP contribution in [0.15, 0.2) is 42.7 Å². The Bertz CT molecular complexity index is 730. The number of hydrogen-bond acceptors (Lipinski definition) is 3. The van der Waals surface area contributed by atoms with Gasteiger partial charge in [-0.2, -0.15) is 0 Å². The van der Waals surface area contributed by atoms with Gasteiger partial charge in [0.2, 0.25) is 0 Å². The van der Waals surface area contributed by atoms with E-state index in [9.17, 15) is 0 Å². The zero-order chi connectivity index (χ0) is 14.1. The van der Waals surface area contributed by atoms with Crippen LogP contribution in [-0.2, 0) is 0 Å². The highest BCUT2D eigenvalue weighted by molar-refractivity contribution is 5.91. The summed E-state index contributed by atoms with van der Waals surface area (Å²) in [5.74, 6) is 0.984. The first-order chi connectivity index (χ1) is 9.66. The van der Waals surface area contributed by atoms with Crippen LogP contribution >= 0.6 is 0 Å². The summed E-state index contributed by atoms with van der Waals surface area (Å²) in [5, 5.41) is 1.10. The summed E-state index contributed by atoms with van der Waals surface area (Å²) in [6.45, 7) is 4.32. The van der Waals surface area contributed by atoms with Crippen molar-refractivity contribution in [1.29, 1.82) is 0 Å². The maximum Gasteiger partial charge on any atom is 0.137 e. The summed E-state index contributed by atoms with van der Waals surface area (Å²) in [7, 11) is 2.06. The van der Waals surface area contributed by atoms with E-state index in [1.807, 2.05) is 36.7 Å². The lowest BCUT2D eigenvalue weighted by atomic mass is 10.1. The van der Waals surface area contributed by atoms with Crippen molar-refractivity contribution in [3.05, 3.63) is 42.7 Å². The third kappa shape index (κ3) is 2.13. The standard InChI is InChI=1S/C16H18N4/c1-11(2)20(3)15-6-4-5-14(19-15)12-7-9-17-16-13(12)8-10-18-16/h4-11H,1-3H3,(H,17,18). The van der Waals surface area contributed by atoms with Gasteiger partial charge in [0.05, 0.1) is 5.69 Å². The van der Waals surface area contributed by atoms with Crippen molar-refractivity contribution in [1.82, 2.24) is 15.0 Å². The van der Waals surface area contributed by atoms with Crippen molar-refractivity contribution >= 4 is 16.9 Å². The summed E-state index contributed by atoms with van der Waals surface area (Å²) in [5.41, 5.74) is 2.98. The van der Waals surface area contributed by atoms with Gasteiger partial charge in [-0.15, -0.1) is 0 Å². The van der Waals surface area contributed by atoms with Crippen LogP contribution in [0.1, 0.15) is 13.8 Å². The number of H-pyrrole nitrogens is 1. The second kappa shape index (κ2) is 4.96. The number of rotatable bonds is 3. The van der Waals surface area contributed by atoms with E-state index in [0.29, 0.717) is 6.04 Å². The number of aromatic amines is 1. The van der Waals surface area contributed by atoms with Crippen LogP contribution < -0.4 is 4.90 Å². The Morgan fingerprint density at radius 3 is 2.80 bits per heavy atom. The van der Waals surface area contributed by atoms with Crippen LogP contribution in [-0.4, -0.2) is 28.0 Å². The molecule has 3 aromatic heterocycles. The van der Waals surface area contributed by atoms with Gasteiger partial charge in [0.15, 0.2) is 0 Å². The van der Waals surface area contributed by atoms with Crippen LogP contribution in [0.5, 0.6) is 0 Å². The van der Waals surface area contributed by atoms with Gasteiger partial charge >= 0.3 is 0 Å². The molecule has 4 nitrogen and oxygen atoms in total. The van der Waals surface area contributed by atoms with E-state index in [0.717, 1.165) is 28.1 Å². The predicted octanol–water partition coefficient (Wildman–Crippen LogP) is 3.47. The molecule has 0 spiro atoms. The number of nitrogens with one attached hydrogen (secondary N) is 1. The summed E-state index contributed by atoms with van der Waals surface area (Å²) >= 11 is 0. The molecule has 0 saturated heterocycles. The van der Waals surface area contributed by atoms with Crippen LogP contribution in [0.2, 0.25) is 0 Å². The molecule has 0 aliphatic heterocycles. The van der Waals surface area contributed by atoms with Gasteiger partial charge in [-0.25, -0.2) is 9.97 Å². The molecule has 1 N–H and O–H groups in total. The quantitative estimate of drug-likeness (QED) is 0.789. The molecular formula is C16H18N4. The SMILES string of the molecule is CC(C)N(C)c1cccc(-c2ccnc3[nH]ccc23)n1. The van der Waals surface area contributed by atoms with Gasteiger partial charge in [-0.3, -0.25) is 0 Å². The van der Waals surface area contributed by atoms with E-state index in [4.69, 9.17) is 4.98 Å². The smallest absolute Gasteiger partial charge is 0.137 e. The molecule has 0 radical (unpaired) electrons. The minimum Gasteiger partial charge on any atom is -0.357 e. The van der Waals surface area contributed by atoms with E-state index in [2.05, 4.69) is 41.8 Å². The summed E-state index contributed by atoms with van der Waals surface area (Å²) in [6, 6.07) is 10.6. The zero-order valence-corrected chi connectivity index (χ0v) is 12.0. The molecule has 3 aromatic rings. The first-order valence-corrected chi connectivity index (χ1v) is 6.79. The second-order valence-electron chi connectivity index (χ2n) is 5.18. The normalized spacial score (nSPS) is 11.2. The van der Waals surface area contributed by atoms with Crippen molar-refractivity contribution in [2.24, 2.45) is 0 Å². The minimum absolute atomic E-state index is 0.419. The lowest BCUT2D eigenvalue weighted by molar-refractivity contribution is 0.744. The van der Waals surface area contributed by atoms with Crippen LogP contribution in [0.4, 0.5) is 5.82 Å². The van der Waals surface area contributed by atoms with Gasteiger partial charge < -0.3 is 9.88 Å². The Morgan fingerprint density at radius 2 is 2.00 bits per heavy atom. The summed E-state index contributed by atoms with van der Waals surface area (Å²) < 4.78 is 0. The Labute approximate surface area is 118 Å². The molecule has 0 aromatic carbocycles. The van der Waals surface area contributed by atoms with Gasteiger partial charge in [0, 0.05) is 36.4 Å². The minimum atomic E-state index is 0.419. The number of aromatic nitrogens is 3. The lowest BCUT2D eigenvalue weighted by Gasteiger charge is -2.23. The number of anilines is 1. The van der Waals surface area contributed by atoms with Gasteiger partial charge in [-0.05, 0) is 38.1 Å². The molecular weight excluding hydrogens is 248 g/mol. The molecule has 20 heavy (non-hydrogen) atoms. The zero-order valence-electron chi connectivity index (χ0n) is 12.0. The van der Waals surface area contributed by atoms with Gasteiger partial charge in [0.1, 0.15) is 11.5 Å². The number of nitrogens with zero attached hydrogens (tertiary/aromatic N) is 3. The maximum absolute atomic E-state index is 4.78. The predicted molar refractivity (Wildman–Crippen MR) is 82.9 cm³/mol. The molecule has 0 aliphatic rings. The van der Waals surface area contributed by atoms with Crippen molar-refractivity contribution < 1.29 is 0 Å². The molecule has 0 saturated carbocycles. The van der Waals surface area contributed by atoms with E-state index < -0.39 is 0 Å². The Morgan fingerprint density at radius 1 is 1.15 bits per heavy atom. The average molecular weight is 266 g/mol. The van der Waals surface area contributed by atoms with Gasteiger partial charge in [-0.1, -0.05) is 6.07 Å². The molecule has 0 amide bonds. The summed E-state index contributed by atoms with van der Waals surface area (Å²) in [4.78, 5) is 14.4. The van der Waals surface area contributed by atoms with Crippen LogP contribution in [0.3, 0.4) is 0 Å². The lowest BCUT2D eigenvalue weighted by Crippen LogP contribution is -2.26. The number of pyridine rings is 2. The van der Waals surface area contributed by atoms with E-state index in [1.54, 1.807) is 0 Å². The van der Waals surface area contributed by atoms with Crippen molar-refractivity contribution in [3.8, 4) is 11.3 Å². The highest BCUT2D eigenvalue weighted by Gasteiger charge is 2.10. The fourth-order valence-corrected chi connectivity index (χ4v) is 2.22. The monoisotopic (exact) mass is 266 g/mol. The molecule has 0 fully saturated rings. The third-order valence-corrected chi connectivity index (χ3v) is 3.61. The molecule has 3 rings (SSSR count). The molecule has 3 heterocycles. The highest BCUT2D eigenvalue weighted by Crippen LogP contribution is 2.27. The number of fused-ring (bicyclic) bond motifs is 1. The molecule has 102 valence electrons.